The first kappa shape index (κ1) is 12.8. The highest BCUT2D eigenvalue weighted by Gasteiger charge is 2.41. The van der Waals surface area contributed by atoms with Gasteiger partial charge in [0.05, 0.1) is 17.9 Å². The molecule has 2 aliphatic heterocycles. The van der Waals surface area contributed by atoms with E-state index in [1.54, 1.807) is 6.33 Å². The average molecular weight is 314 g/mol. The average Bonchev–Trinajstić information content (AvgIpc) is 2.95. The third-order valence-electron chi connectivity index (χ3n) is 5.15. The van der Waals surface area contributed by atoms with Gasteiger partial charge in [0.15, 0.2) is 5.82 Å². The zero-order valence-corrected chi connectivity index (χ0v) is 13.1. The molecule has 0 spiro atoms. The lowest BCUT2D eigenvalue weighted by Gasteiger charge is -2.22. The molecule has 3 fully saturated rings. The van der Waals surface area contributed by atoms with Crippen LogP contribution >= 0.6 is 11.7 Å². The van der Waals surface area contributed by atoms with Gasteiger partial charge in [0.25, 0.3) is 0 Å². The number of fused-ring (bicyclic) bond motifs is 1. The second-order valence-electron chi connectivity index (χ2n) is 6.67. The van der Waals surface area contributed by atoms with E-state index in [1.165, 1.54) is 30.3 Å². The molecule has 0 N–H and O–H groups in total. The fourth-order valence-corrected chi connectivity index (χ4v) is 4.24. The Bertz CT molecular complexity index is 656. The molecule has 3 aliphatic rings. The molecule has 2 atom stereocenters. The molecular formula is C15H18N6S. The van der Waals surface area contributed by atoms with E-state index >= 15 is 0 Å². The van der Waals surface area contributed by atoms with Crippen molar-refractivity contribution in [2.75, 3.05) is 36.0 Å². The van der Waals surface area contributed by atoms with E-state index in [9.17, 15) is 0 Å². The van der Waals surface area contributed by atoms with Gasteiger partial charge in [0.2, 0.25) is 0 Å². The third kappa shape index (κ3) is 2.15. The predicted molar refractivity (Wildman–Crippen MR) is 85.3 cm³/mol. The van der Waals surface area contributed by atoms with Crippen LogP contribution in [0.25, 0.3) is 0 Å². The van der Waals surface area contributed by atoms with E-state index in [4.69, 9.17) is 0 Å². The molecule has 1 aliphatic carbocycles. The van der Waals surface area contributed by atoms with Gasteiger partial charge in [-0.1, -0.05) is 0 Å². The van der Waals surface area contributed by atoms with Gasteiger partial charge in [0.1, 0.15) is 12.1 Å². The first-order chi connectivity index (χ1) is 10.9. The third-order valence-corrected chi connectivity index (χ3v) is 5.62. The topological polar surface area (TPSA) is 58.0 Å². The van der Waals surface area contributed by atoms with E-state index < -0.39 is 0 Å². The molecule has 6 nitrogen and oxygen atoms in total. The molecule has 0 bridgehead atoms. The molecule has 1 saturated carbocycles. The van der Waals surface area contributed by atoms with Crippen molar-refractivity contribution in [3.63, 3.8) is 0 Å². The van der Waals surface area contributed by atoms with Crippen LogP contribution in [0.3, 0.4) is 0 Å². The van der Waals surface area contributed by atoms with Crippen molar-refractivity contribution in [2.24, 2.45) is 11.8 Å². The Balaban J connectivity index is 1.30. The smallest absolute Gasteiger partial charge is 0.162 e. The second kappa shape index (κ2) is 4.87. The minimum absolute atomic E-state index is 0.691. The van der Waals surface area contributed by atoms with Crippen LogP contribution in [-0.2, 0) is 0 Å². The molecule has 2 aromatic heterocycles. The maximum Gasteiger partial charge on any atom is 0.162 e. The highest BCUT2D eigenvalue weighted by Crippen LogP contribution is 2.40. The van der Waals surface area contributed by atoms with Gasteiger partial charge >= 0.3 is 0 Å². The molecule has 2 aromatic rings. The molecule has 0 radical (unpaired) electrons. The summed E-state index contributed by atoms with van der Waals surface area (Å²) in [7, 11) is 0. The quantitative estimate of drug-likeness (QED) is 0.861. The fraction of sp³-hybridized carbons (Fsp3) is 0.600. The lowest BCUT2D eigenvalue weighted by atomic mass is 10.0. The first-order valence-electron chi connectivity index (χ1n) is 7.96. The van der Waals surface area contributed by atoms with Crippen LogP contribution in [0.15, 0.2) is 18.6 Å². The number of hydrogen-bond donors (Lipinski definition) is 0. The molecular weight excluding hydrogens is 296 g/mol. The largest absolute Gasteiger partial charge is 0.356 e. The molecule has 4 heterocycles. The van der Waals surface area contributed by atoms with Crippen molar-refractivity contribution in [2.45, 2.75) is 18.8 Å². The van der Waals surface area contributed by atoms with E-state index in [-0.39, 0.29) is 0 Å². The van der Waals surface area contributed by atoms with Crippen LogP contribution in [0, 0.1) is 11.8 Å². The lowest BCUT2D eigenvalue weighted by Crippen LogP contribution is -2.29. The Morgan fingerprint density at radius 2 is 1.68 bits per heavy atom. The summed E-state index contributed by atoms with van der Waals surface area (Å²) in [5.41, 5.74) is 1.23. The van der Waals surface area contributed by atoms with E-state index in [1.807, 2.05) is 6.20 Å². The van der Waals surface area contributed by atoms with Crippen LogP contribution in [-0.4, -0.2) is 44.9 Å². The molecule has 2 saturated heterocycles. The van der Waals surface area contributed by atoms with Crippen molar-refractivity contribution in [1.29, 1.82) is 0 Å². The number of anilines is 2. The van der Waals surface area contributed by atoms with Gasteiger partial charge < -0.3 is 9.80 Å². The maximum atomic E-state index is 4.51. The number of rotatable bonds is 3. The zero-order chi connectivity index (χ0) is 14.5. The van der Waals surface area contributed by atoms with Gasteiger partial charge in [-0.25, -0.2) is 9.97 Å². The fourth-order valence-electron chi connectivity index (χ4n) is 3.80. The van der Waals surface area contributed by atoms with Gasteiger partial charge in [-0.15, -0.1) is 0 Å². The summed E-state index contributed by atoms with van der Waals surface area (Å²) in [5.74, 6) is 4.27. The molecule has 0 aromatic carbocycles. The number of hydrogen-bond acceptors (Lipinski definition) is 7. The van der Waals surface area contributed by atoms with Crippen LogP contribution in [0.4, 0.5) is 11.6 Å². The first-order valence-corrected chi connectivity index (χ1v) is 8.69. The van der Waals surface area contributed by atoms with Crippen LogP contribution < -0.4 is 9.80 Å². The van der Waals surface area contributed by atoms with E-state index in [0.717, 1.165) is 37.8 Å². The van der Waals surface area contributed by atoms with E-state index in [0.29, 0.717) is 17.8 Å². The minimum atomic E-state index is 0.691. The second-order valence-corrected chi connectivity index (χ2v) is 7.23. The van der Waals surface area contributed by atoms with Gasteiger partial charge in [-0.2, -0.15) is 8.75 Å². The molecule has 0 amide bonds. The standard InChI is InChI=1S/C15H18N6S/c1-2-10(1)13-3-14(17-9-16-13)20-5-11-7-21(8-12(11)6-20)15-4-18-22-19-15/h3-4,9-12H,1-2,5-8H2. The Morgan fingerprint density at radius 1 is 0.955 bits per heavy atom. The number of nitrogens with zero attached hydrogens (tertiary/aromatic N) is 6. The molecule has 22 heavy (non-hydrogen) atoms. The van der Waals surface area contributed by atoms with Crippen LogP contribution in [0.2, 0.25) is 0 Å². The summed E-state index contributed by atoms with van der Waals surface area (Å²) in [4.78, 5) is 13.8. The monoisotopic (exact) mass is 314 g/mol. The van der Waals surface area contributed by atoms with Crippen molar-refractivity contribution in [1.82, 2.24) is 18.7 Å². The van der Waals surface area contributed by atoms with Crippen molar-refractivity contribution < 1.29 is 0 Å². The van der Waals surface area contributed by atoms with Crippen LogP contribution in [0.1, 0.15) is 24.5 Å². The molecule has 7 heteroatoms. The highest BCUT2D eigenvalue weighted by molar-refractivity contribution is 6.99. The Labute approximate surface area is 133 Å². The van der Waals surface area contributed by atoms with Crippen molar-refractivity contribution in [3.05, 3.63) is 24.3 Å². The number of aromatic nitrogens is 4. The zero-order valence-electron chi connectivity index (χ0n) is 12.3. The lowest BCUT2D eigenvalue weighted by molar-refractivity contribution is 0.533. The summed E-state index contributed by atoms with van der Waals surface area (Å²) < 4.78 is 8.48. The highest BCUT2D eigenvalue weighted by atomic mass is 32.1. The summed E-state index contributed by atoms with van der Waals surface area (Å²) >= 11 is 1.29. The molecule has 2 unspecified atom stereocenters. The Hall–Kier alpha value is -1.76. The van der Waals surface area contributed by atoms with Gasteiger partial charge in [0, 0.05) is 55.7 Å². The Kier molecular flexibility index (Phi) is 2.82. The maximum absolute atomic E-state index is 4.51. The van der Waals surface area contributed by atoms with E-state index in [2.05, 4.69) is 34.6 Å². The SMILES string of the molecule is c1nc(C2CC2)cc(N2CC3CN(c4cnsn4)CC3C2)n1. The van der Waals surface area contributed by atoms with Gasteiger partial charge in [-0.3, -0.25) is 0 Å². The molecule has 114 valence electrons. The predicted octanol–water partition coefficient (Wildman–Crippen LogP) is 1.78. The minimum Gasteiger partial charge on any atom is -0.356 e. The molecule has 5 rings (SSSR count). The van der Waals surface area contributed by atoms with Gasteiger partial charge in [-0.05, 0) is 12.8 Å². The Morgan fingerprint density at radius 3 is 2.32 bits per heavy atom. The van der Waals surface area contributed by atoms with Crippen molar-refractivity contribution >= 4 is 23.4 Å². The summed E-state index contributed by atoms with van der Waals surface area (Å²) in [6, 6.07) is 2.21. The summed E-state index contributed by atoms with van der Waals surface area (Å²) in [6.07, 6.45) is 6.21. The summed E-state index contributed by atoms with van der Waals surface area (Å²) in [6.45, 7) is 4.37. The normalized spacial score (nSPS) is 27.5. The van der Waals surface area contributed by atoms with Crippen LogP contribution in [0.5, 0.6) is 0 Å². The summed E-state index contributed by atoms with van der Waals surface area (Å²) in [5, 5.41) is 0. The van der Waals surface area contributed by atoms with Crippen molar-refractivity contribution in [3.8, 4) is 0 Å².